The Bertz CT molecular complexity index is 1690. The minimum atomic E-state index is -0.520. The first-order valence-corrected chi connectivity index (χ1v) is 15.1. The molecule has 0 saturated carbocycles. The van der Waals surface area contributed by atoms with E-state index in [0.29, 0.717) is 28.2 Å². The smallest absolute Gasteiger partial charge is 0.339 e. The van der Waals surface area contributed by atoms with Crippen molar-refractivity contribution in [3.63, 3.8) is 0 Å². The first-order chi connectivity index (χ1) is 20.3. The molecule has 0 fully saturated rings. The molecule has 1 aromatic heterocycles. The van der Waals surface area contributed by atoms with Crippen LogP contribution in [-0.2, 0) is 21.4 Å². The van der Waals surface area contributed by atoms with Gasteiger partial charge >= 0.3 is 5.97 Å². The van der Waals surface area contributed by atoms with Gasteiger partial charge in [-0.1, -0.05) is 95.6 Å². The summed E-state index contributed by atoms with van der Waals surface area (Å²) in [5, 5.41) is 4.25. The Labute approximate surface area is 259 Å². The van der Waals surface area contributed by atoms with Gasteiger partial charge in [-0.2, -0.15) is 0 Å². The third-order valence-electron chi connectivity index (χ3n) is 8.22. The highest BCUT2D eigenvalue weighted by Gasteiger charge is 2.35. The van der Waals surface area contributed by atoms with Crippen LogP contribution in [-0.4, -0.2) is 23.5 Å². The van der Waals surface area contributed by atoms with E-state index >= 15 is 0 Å². The third-order valence-corrected chi connectivity index (χ3v) is 8.48. The van der Waals surface area contributed by atoms with Gasteiger partial charge in [-0.15, -0.1) is 0 Å². The summed E-state index contributed by atoms with van der Waals surface area (Å²) in [4.78, 5) is 31.7. The summed E-state index contributed by atoms with van der Waals surface area (Å²) in [5.41, 5.74) is 6.80. The van der Waals surface area contributed by atoms with Crippen LogP contribution in [0.4, 0.5) is 5.69 Å². The van der Waals surface area contributed by atoms with E-state index in [-0.39, 0.29) is 29.3 Å². The molecule has 4 aromatic rings. The van der Waals surface area contributed by atoms with Gasteiger partial charge in [0.05, 0.1) is 16.8 Å². The third kappa shape index (κ3) is 7.00. The molecule has 0 aliphatic heterocycles. The molecule has 0 radical (unpaired) electrons. The molecule has 5 rings (SSSR count). The average molecular weight is 595 g/mol. The zero-order valence-corrected chi connectivity index (χ0v) is 26.5. The number of allylic oxidation sites excluding steroid dienone is 1. The predicted molar refractivity (Wildman–Crippen MR) is 176 cm³/mol. The molecule has 0 unspecified atom stereocenters. The number of aromatic nitrogens is 1. The molecule has 43 heavy (non-hydrogen) atoms. The number of rotatable bonds is 5. The predicted octanol–water partition coefficient (Wildman–Crippen LogP) is 9.13. The van der Waals surface area contributed by atoms with Gasteiger partial charge in [-0.25, -0.2) is 9.78 Å². The quantitative estimate of drug-likeness (QED) is 0.234. The largest absolute Gasteiger partial charge is 0.452 e. The van der Waals surface area contributed by atoms with E-state index in [2.05, 4.69) is 52.9 Å². The fourth-order valence-corrected chi connectivity index (χ4v) is 5.71. The Morgan fingerprint density at radius 3 is 2.26 bits per heavy atom. The van der Waals surface area contributed by atoms with Crippen LogP contribution in [0.25, 0.3) is 22.6 Å². The van der Waals surface area contributed by atoms with Crippen LogP contribution in [0, 0.1) is 11.3 Å². The first-order valence-electron chi connectivity index (χ1n) is 14.8. The van der Waals surface area contributed by atoms with Crippen LogP contribution >= 0.6 is 11.6 Å². The first kappa shape index (κ1) is 30.5. The number of anilines is 1. The molecule has 6 heteroatoms. The average Bonchev–Trinajstić information content (AvgIpc) is 2.95. The van der Waals surface area contributed by atoms with Gasteiger partial charge in [0.1, 0.15) is 0 Å². The van der Waals surface area contributed by atoms with Gasteiger partial charge in [0.15, 0.2) is 6.61 Å². The molecule has 1 heterocycles. The number of amides is 1. The van der Waals surface area contributed by atoms with Crippen LogP contribution in [0.15, 0.2) is 72.8 Å². The molecule has 5 nitrogen and oxygen atoms in total. The summed E-state index contributed by atoms with van der Waals surface area (Å²) in [5.74, 6) is -0.638. The topological polar surface area (TPSA) is 68.3 Å². The minimum absolute atomic E-state index is 0.00792. The lowest BCUT2D eigenvalue weighted by molar-refractivity contribution is -0.119. The Hall–Kier alpha value is -3.96. The lowest BCUT2D eigenvalue weighted by Crippen LogP contribution is -2.29. The van der Waals surface area contributed by atoms with Crippen molar-refractivity contribution in [2.75, 3.05) is 11.9 Å². The molecule has 1 atom stereocenters. The maximum atomic E-state index is 13.8. The maximum Gasteiger partial charge on any atom is 0.339 e. The SMILES string of the molecule is CC(C)(C)c1ccc(NC(=O)COC(=O)c2c3c(nc4ccccc24)/C(=C\c2ccc(Cl)cc2)C[C@@H](C(C)(C)C)C3)cc1. The summed E-state index contributed by atoms with van der Waals surface area (Å²) in [6.07, 6.45) is 3.66. The molecule has 0 saturated heterocycles. The van der Waals surface area contributed by atoms with E-state index < -0.39 is 5.97 Å². The molecular formula is C37H39ClN2O3. The summed E-state index contributed by atoms with van der Waals surface area (Å²) in [7, 11) is 0. The second-order valence-electron chi connectivity index (χ2n) is 13.5. The lowest BCUT2D eigenvalue weighted by Gasteiger charge is -2.36. The number of carbonyl (C=O) groups is 2. The van der Waals surface area contributed by atoms with E-state index in [1.807, 2.05) is 72.8 Å². The molecule has 1 aliphatic rings. The fourth-order valence-electron chi connectivity index (χ4n) is 5.58. The Morgan fingerprint density at radius 2 is 1.60 bits per heavy atom. The highest BCUT2D eigenvalue weighted by atomic mass is 35.5. The van der Waals surface area contributed by atoms with Crippen LogP contribution in [0.3, 0.4) is 0 Å². The van der Waals surface area contributed by atoms with Gasteiger partial charge in [0, 0.05) is 16.1 Å². The second-order valence-corrected chi connectivity index (χ2v) is 13.9. The highest BCUT2D eigenvalue weighted by Crippen LogP contribution is 2.45. The summed E-state index contributed by atoms with van der Waals surface area (Å²) in [6, 6.07) is 23.1. The number of nitrogens with one attached hydrogen (secondary N) is 1. The van der Waals surface area contributed by atoms with Crippen molar-refractivity contribution in [1.29, 1.82) is 0 Å². The molecule has 0 bridgehead atoms. The number of nitrogens with zero attached hydrogens (tertiary/aromatic N) is 1. The van der Waals surface area contributed by atoms with Crippen molar-refractivity contribution >= 4 is 51.7 Å². The molecule has 1 N–H and O–H groups in total. The number of pyridine rings is 1. The van der Waals surface area contributed by atoms with Gasteiger partial charge < -0.3 is 10.1 Å². The summed E-state index contributed by atoms with van der Waals surface area (Å²) < 4.78 is 5.69. The number of carbonyl (C=O) groups excluding carboxylic acids is 2. The zero-order chi connectivity index (χ0) is 30.9. The highest BCUT2D eigenvalue weighted by molar-refractivity contribution is 6.30. The number of hydrogen-bond donors (Lipinski definition) is 1. The summed E-state index contributed by atoms with van der Waals surface area (Å²) in [6.45, 7) is 12.7. The number of esters is 1. The fraction of sp³-hybridized carbons (Fsp3) is 0.324. The number of fused-ring (bicyclic) bond motifs is 2. The maximum absolute atomic E-state index is 13.8. The Balaban J connectivity index is 1.48. The van der Waals surface area contributed by atoms with Crippen LogP contribution in [0.5, 0.6) is 0 Å². The van der Waals surface area contributed by atoms with E-state index in [4.69, 9.17) is 21.3 Å². The normalized spacial score (nSPS) is 16.2. The van der Waals surface area contributed by atoms with E-state index in [1.165, 1.54) is 5.56 Å². The molecule has 0 spiro atoms. The van der Waals surface area contributed by atoms with Gasteiger partial charge in [-0.3, -0.25) is 4.79 Å². The van der Waals surface area contributed by atoms with Crippen molar-refractivity contribution in [3.8, 4) is 0 Å². The number of ether oxygens (including phenoxy) is 1. The van der Waals surface area contributed by atoms with Gasteiger partial charge in [-0.05, 0) is 88.3 Å². The molecule has 1 aliphatic carbocycles. The summed E-state index contributed by atoms with van der Waals surface area (Å²) >= 11 is 6.15. The second kappa shape index (κ2) is 12.0. The van der Waals surface area contributed by atoms with Crippen molar-refractivity contribution in [3.05, 3.63) is 106 Å². The van der Waals surface area contributed by atoms with Crippen molar-refractivity contribution in [2.24, 2.45) is 11.3 Å². The van der Waals surface area contributed by atoms with Crippen LogP contribution in [0.1, 0.15) is 80.7 Å². The van der Waals surface area contributed by atoms with E-state index in [1.54, 1.807) is 0 Å². The van der Waals surface area contributed by atoms with Crippen molar-refractivity contribution in [2.45, 2.75) is 59.8 Å². The Kier molecular flexibility index (Phi) is 8.49. The minimum Gasteiger partial charge on any atom is -0.452 e. The van der Waals surface area contributed by atoms with Crippen LogP contribution in [0.2, 0.25) is 5.02 Å². The lowest BCUT2D eigenvalue weighted by atomic mass is 9.69. The number of para-hydroxylation sites is 1. The molecular weight excluding hydrogens is 556 g/mol. The van der Waals surface area contributed by atoms with Gasteiger partial charge in [0.2, 0.25) is 0 Å². The molecule has 3 aromatic carbocycles. The Morgan fingerprint density at radius 1 is 0.930 bits per heavy atom. The van der Waals surface area contributed by atoms with Crippen LogP contribution < -0.4 is 5.32 Å². The monoisotopic (exact) mass is 594 g/mol. The van der Waals surface area contributed by atoms with E-state index in [0.717, 1.165) is 34.2 Å². The molecule has 222 valence electrons. The van der Waals surface area contributed by atoms with E-state index in [9.17, 15) is 9.59 Å². The van der Waals surface area contributed by atoms with Crippen molar-refractivity contribution in [1.82, 2.24) is 4.98 Å². The van der Waals surface area contributed by atoms with Crippen molar-refractivity contribution < 1.29 is 14.3 Å². The zero-order valence-electron chi connectivity index (χ0n) is 25.8. The standard InChI is InChI=1S/C37H39ClN2O3/c1-36(2,3)25-13-17-28(18-14-25)39-32(41)22-43-35(42)33-29-9-7-8-10-31(29)40-34-24(19-23-11-15-27(38)16-12-23)20-26(21-30(33)34)37(4,5)6/h7-19,26H,20-22H2,1-6H3,(H,39,41)/b24-19-/t26-/m1/s1. The number of halogens is 1. The molecule has 1 amide bonds. The number of benzene rings is 3. The van der Waals surface area contributed by atoms with Gasteiger partial charge in [0.25, 0.3) is 5.91 Å². The number of hydrogen-bond acceptors (Lipinski definition) is 4.